The zero-order chi connectivity index (χ0) is 13.8. The molecule has 1 aromatic carbocycles. The second-order valence-electron chi connectivity index (χ2n) is 4.03. The van der Waals surface area contributed by atoms with Gasteiger partial charge in [-0.2, -0.15) is 0 Å². The number of benzene rings is 1. The Morgan fingerprint density at radius 2 is 2.11 bits per heavy atom. The number of carbonyl (C=O) groups is 1. The lowest BCUT2D eigenvalue weighted by molar-refractivity contribution is -0.139. The first-order valence-electron chi connectivity index (χ1n) is 5.70. The van der Waals surface area contributed by atoms with E-state index in [-0.39, 0.29) is 17.9 Å². The highest BCUT2D eigenvalue weighted by Crippen LogP contribution is 2.39. The predicted octanol–water partition coefficient (Wildman–Crippen LogP) is 3.35. The van der Waals surface area contributed by atoms with Crippen molar-refractivity contribution in [3.63, 3.8) is 0 Å². The molecule has 1 rings (SSSR count). The number of halogens is 2. The zero-order valence-electron chi connectivity index (χ0n) is 10.4. The molecule has 0 heterocycles. The van der Waals surface area contributed by atoms with Crippen molar-refractivity contribution in [2.45, 2.75) is 32.6 Å². The Kier molecular flexibility index (Phi) is 4.64. The lowest BCUT2D eigenvalue weighted by Crippen LogP contribution is -2.17. The van der Waals surface area contributed by atoms with E-state index in [1.165, 1.54) is 12.1 Å². The van der Waals surface area contributed by atoms with E-state index in [1.54, 1.807) is 19.9 Å². The van der Waals surface area contributed by atoms with Gasteiger partial charge in [-0.1, -0.05) is 11.6 Å². The van der Waals surface area contributed by atoms with Crippen LogP contribution in [-0.2, 0) is 10.7 Å². The molecular formula is C13H16F2O3. The second kappa shape index (κ2) is 5.80. The largest absolute Gasteiger partial charge is 0.493 e. The summed E-state index contributed by atoms with van der Waals surface area (Å²) in [5.41, 5.74) is 0.439. The third-order valence-corrected chi connectivity index (χ3v) is 2.48. The fourth-order valence-corrected chi connectivity index (χ4v) is 1.61. The molecule has 0 aliphatic rings. The molecule has 0 saturated carbocycles. The van der Waals surface area contributed by atoms with Crippen molar-refractivity contribution < 1.29 is 23.4 Å². The van der Waals surface area contributed by atoms with Crippen molar-refractivity contribution >= 4 is 5.97 Å². The van der Waals surface area contributed by atoms with Crippen molar-refractivity contribution in [3.8, 4) is 5.75 Å². The quantitative estimate of drug-likeness (QED) is 0.851. The van der Waals surface area contributed by atoms with Gasteiger partial charge >= 0.3 is 5.97 Å². The van der Waals surface area contributed by atoms with E-state index >= 15 is 0 Å². The lowest BCUT2D eigenvalue weighted by atomic mass is 10.0. The minimum atomic E-state index is -3.20. The second-order valence-corrected chi connectivity index (χ2v) is 4.03. The van der Waals surface area contributed by atoms with Crippen LogP contribution in [0.25, 0.3) is 0 Å². The fourth-order valence-electron chi connectivity index (χ4n) is 1.61. The third kappa shape index (κ3) is 3.68. The molecule has 0 aliphatic heterocycles. The first kappa shape index (κ1) is 14.4. The van der Waals surface area contributed by atoms with E-state index in [0.717, 1.165) is 0 Å². The van der Waals surface area contributed by atoms with Crippen LogP contribution >= 0.6 is 0 Å². The van der Waals surface area contributed by atoms with Gasteiger partial charge in [0.05, 0.1) is 18.6 Å². The minimum Gasteiger partial charge on any atom is -0.493 e. The van der Waals surface area contributed by atoms with Crippen LogP contribution in [0, 0.1) is 6.92 Å². The number of carboxylic acid groups (broad SMARTS) is 1. The molecule has 18 heavy (non-hydrogen) atoms. The van der Waals surface area contributed by atoms with Crippen molar-refractivity contribution in [2.75, 3.05) is 6.61 Å². The predicted molar refractivity (Wildman–Crippen MR) is 63.1 cm³/mol. The SMILES string of the molecule is CCOc1ccc(C)cc1C(F)(F)CCC(=O)O. The van der Waals surface area contributed by atoms with Gasteiger partial charge in [-0.3, -0.25) is 4.79 Å². The topological polar surface area (TPSA) is 46.5 Å². The number of alkyl halides is 2. The smallest absolute Gasteiger partial charge is 0.303 e. The van der Waals surface area contributed by atoms with Gasteiger partial charge in [0.1, 0.15) is 5.75 Å². The van der Waals surface area contributed by atoms with Gasteiger partial charge in [0, 0.05) is 6.42 Å². The van der Waals surface area contributed by atoms with Gasteiger partial charge in [0.2, 0.25) is 0 Å². The maximum atomic E-state index is 13.9. The molecule has 0 unspecified atom stereocenters. The summed E-state index contributed by atoms with van der Waals surface area (Å²) in [6, 6.07) is 4.51. The number of hydrogen-bond donors (Lipinski definition) is 1. The van der Waals surface area contributed by atoms with Gasteiger partial charge in [-0.05, 0) is 26.0 Å². The molecule has 0 atom stereocenters. The van der Waals surface area contributed by atoms with E-state index in [9.17, 15) is 13.6 Å². The molecule has 0 aromatic heterocycles. The maximum Gasteiger partial charge on any atom is 0.303 e. The number of aliphatic carboxylic acids is 1. The lowest BCUT2D eigenvalue weighted by Gasteiger charge is -2.20. The highest BCUT2D eigenvalue weighted by Gasteiger charge is 2.35. The maximum absolute atomic E-state index is 13.9. The Bertz CT molecular complexity index is 430. The molecule has 0 aliphatic carbocycles. The standard InChI is InChI=1S/C13H16F2O3/c1-3-18-11-5-4-9(2)8-10(11)13(14,15)7-6-12(16)17/h4-5,8H,3,6-7H2,1-2H3,(H,16,17). The van der Waals surface area contributed by atoms with Crippen LogP contribution in [-0.4, -0.2) is 17.7 Å². The molecule has 0 bridgehead atoms. The molecule has 0 saturated heterocycles. The van der Waals surface area contributed by atoms with Crippen molar-refractivity contribution in [2.24, 2.45) is 0 Å². The Balaban J connectivity index is 3.04. The van der Waals surface area contributed by atoms with Gasteiger partial charge < -0.3 is 9.84 Å². The van der Waals surface area contributed by atoms with Crippen molar-refractivity contribution in [1.82, 2.24) is 0 Å². The number of rotatable bonds is 6. The molecule has 0 spiro atoms. The molecule has 1 aromatic rings. The highest BCUT2D eigenvalue weighted by atomic mass is 19.3. The summed E-state index contributed by atoms with van der Waals surface area (Å²) in [7, 11) is 0. The van der Waals surface area contributed by atoms with Crippen LogP contribution in [0.2, 0.25) is 0 Å². The summed E-state index contributed by atoms with van der Waals surface area (Å²) in [4.78, 5) is 10.4. The van der Waals surface area contributed by atoms with Gasteiger partial charge in [-0.25, -0.2) is 8.78 Å². The molecule has 0 radical (unpaired) electrons. The Hall–Kier alpha value is -1.65. The summed E-state index contributed by atoms with van der Waals surface area (Å²) in [5.74, 6) is -4.33. The van der Waals surface area contributed by atoms with Crippen LogP contribution in [0.5, 0.6) is 5.75 Å². The van der Waals surface area contributed by atoms with E-state index in [2.05, 4.69) is 0 Å². The van der Waals surface area contributed by atoms with E-state index in [0.29, 0.717) is 5.56 Å². The molecule has 100 valence electrons. The highest BCUT2D eigenvalue weighted by molar-refractivity contribution is 5.66. The average Bonchev–Trinajstić information content (AvgIpc) is 2.29. The minimum absolute atomic E-state index is 0.110. The Labute approximate surface area is 104 Å². The molecular weight excluding hydrogens is 242 g/mol. The first-order chi connectivity index (χ1) is 8.36. The number of hydrogen-bond acceptors (Lipinski definition) is 2. The monoisotopic (exact) mass is 258 g/mol. The van der Waals surface area contributed by atoms with Gasteiger partial charge in [-0.15, -0.1) is 0 Å². The molecule has 0 amide bonds. The van der Waals surface area contributed by atoms with E-state index in [1.807, 2.05) is 0 Å². The summed E-state index contributed by atoms with van der Waals surface area (Å²) in [6.45, 7) is 3.69. The Morgan fingerprint density at radius 3 is 2.67 bits per heavy atom. The van der Waals surface area contributed by atoms with Gasteiger partial charge in [0.15, 0.2) is 0 Å². The van der Waals surface area contributed by atoms with Crippen LogP contribution in [0.15, 0.2) is 18.2 Å². The third-order valence-electron chi connectivity index (χ3n) is 2.48. The van der Waals surface area contributed by atoms with E-state index < -0.39 is 24.7 Å². The molecule has 1 N–H and O–H groups in total. The first-order valence-corrected chi connectivity index (χ1v) is 5.70. The van der Waals surface area contributed by atoms with Gasteiger partial charge in [0.25, 0.3) is 5.92 Å². The number of ether oxygens (including phenoxy) is 1. The van der Waals surface area contributed by atoms with Crippen molar-refractivity contribution in [3.05, 3.63) is 29.3 Å². The molecule has 0 fully saturated rings. The van der Waals surface area contributed by atoms with E-state index in [4.69, 9.17) is 9.84 Å². The summed E-state index contributed by atoms with van der Waals surface area (Å²) >= 11 is 0. The zero-order valence-corrected chi connectivity index (χ0v) is 10.4. The molecule has 5 heteroatoms. The molecule has 3 nitrogen and oxygen atoms in total. The average molecular weight is 258 g/mol. The van der Waals surface area contributed by atoms with Crippen LogP contribution in [0.4, 0.5) is 8.78 Å². The summed E-state index contributed by atoms with van der Waals surface area (Å²) < 4.78 is 33.0. The fraction of sp³-hybridized carbons (Fsp3) is 0.462. The van der Waals surface area contributed by atoms with Crippen LogP contribution < -0.4 is 4.74 Å². The summed E-state index contributed by atoms with van der Waals surface area (Å²) in [5, 5.41) is 8.49. The summed E-state index contributed by atoms with van der Waals surface area (Å²) in [6.07, 6.45) is -1.31. The van der Waals surface area contributed by atoms with Crippen molar-refractivity contribution in [1.29, 1.82) is 0 Å². The Morgan fingerprint density at radius 1 is 1.44 bits per heavy atom. The number of carboxylic acids is 1. The normalized spacial score (nSPS) is 11.3. The van der Waals surface area contributed by atoms with Crippen LogP contribution in [0.3, 0.4) is 0 Å². The number of aryl methyl sites for hydroxylation is 1. The van der Waals surface area contributed by atoms with Crippen LogP contribution in [0.1, 0.15) is 30.9 Å².